The fraction of sp³-hybridized carbons (Fsp3) is 0.333. The van der Waals surface area contributed by atoms with Gasteiger partial charge in [0.1, 0.15) is 11.5 Å². The predicted octanol–water partition coefficient (Wildman–Crippen LogP) is 2.77. The minimum atomic E-state index is -0.872. The fourth-order valence-electron chi connectivity index (χ4n) is 4.48. The molecule has 2 aromatic carbocycles. The maximum Gasteiger partial charge on any atom is 0.343 e. The second-order valence-corrected chi connectivity index (χ2v) is 9.92. The molecule has 3 aromatic rings. The van der Waals surface area contributed by atoms with Crippen molar-refractivity contribution in [2.45, 2.75) is 26.8 Å². The summed E-state index contributed by atoms with van der Waals surface area (Å²) < 4.78 is 34.2. The molecule has 0 bridgehead atoms. The highest BCUT2D eigenvalue weighted by molar-refractivity contribution is 7.07. The molecule has 12 heteroatoms. The molecule has 2 heterocycles. The summed E-state index contributed by atoms with van der Waals surface area (Å²) in [6, 6.07) is 9.43. The molecule has 11 nitrogen and oxygen atoms in total. The zero-order valence-corrected chi connectivity index (χ0v) is 25.0. The summed E-state index contributed by atoms with van der Waals surface area (Å²) in [4.78, 5) is 43.9. The molecule has 222 valence electrons. The Bertz CT molecular complexity index is 1700. The Morgan fingerprint density at radius 1 is 0.976 bits per heavy atom. The van der Waals surface area contributed by atoms with Crippen molar-refractivity contribution in [1.82, 2.24) is 4.57 Å². The molecule has 0 radical (unpaired) electrons. The Morgan fingerprint density at radius 2 is 1.74 bits per heavy atom. The highest BCUT2D eigenvalue weighted by Crippen LogP contribution is 2.36. The maximum atomic E-state index is 14.0. The van der Waals surface area contributed by atoms with Crippen LogP contribution in [0, 0.1) is 0 Å². The van der Waals surface area contributed by atoms with Gasteiger partial charge in [-0.1, -0.05) is 17.4 Å². The van der Waals surface area contributed by atoms with Crippen LogP contribution in [0.25, 0.3) is 6.08 Å². The number of fused-ring (bicyclic) bond motifs is 1. The summed E-state index contributed by atoms with van der Waals surface area (Å²) in [5.74, 6) is 0.666. The number of benzene rings is 2. The van der Waals surface area contributed by atoms with Crippen LogP contribution < -0.4 is 33.8 Å². The molecule has 1 aliphatic heterocycles. The fourth-order valence-corrected chi connectivity index (χ4v) is 5.52. The average molecular weight is 597 g/mol. The Kier molecular flexibility index (Phi) is 9.68. The molecular weight excluding hydrogens is 564 g/mol. The van der Waals surface area contributed by atoms with Gasteiger partial charge in [-0.15, -0.1) is 0 Å². The molecule has 0 N–H and O–H groups in total. The molecule has 0 aliphatic carbocycles. The summed E-state index contributed by atoms with van der Waals surface area (Å²) in [6.07, 6.45) is 1.71. The zero-order valence-electron chi connectivity index (χ0n) is 24.2. The Morgan fingerprint density at radius 3 is 2.40 bits per heavy atom. The molecule has 1 atom stereocenters. The zero-order chi connectivity index (χ0) is 30.4. The van der Waals surface area contributed by atoms with E-state index in [1.54, 1.807) is 77.5 Å². The highest BCUT2D eigenvalue weighted by atomic mass is 32.1. The van der Waals surface area contributed by atoms with E-state index in [1.807, 2.05) is 0 Å². The molecule has 0 saturated heterocycles. The van der Waals surface area contributed by atoms with Gasteiger partial charge in [0.2, 0.25) is 0 Å². The van der Waals surface area contributed by atoms with E-state index in [9.17, 15) is 14.4 Å². The second-order valence-electron chi connectivity index (χ2n) is 8.91. The molecule has 0 spiro atoms. The Hall–Kier alpha value is -4.58. The lowest BCUT2D eigenvalue weighted by atomic mass is 9.95. The van der Waals surface area contributed by atoms with Gasteiger partial charge in [-0.25, -0.2) is 14.6 Å². The first-order valence-electron chi connectivity index (χ1n) is 13.1. The van der Waals surface area contributed by atoms with Crippen molar-refractivity contribution in [2.24, 2.45) is 4.99 Å². The van der Waals surface area contributed by atoms with Gasteiger partial charge in [0.25, 0.3) is 5.56 Å². The normalized spacial score (nSPS) is 14.5. The SMILES string of the molecule is CCOC(=O)C1=C(C)N=c2s/c(=C/c3cc(OC)ccc3OC)c(=O)n2[C@H]1c1ccc(OCC(=O)OC)c(OCC)c1. The number of thiazole rings is 1. The van der Waals surface area contributed by atoms with Crippen LogP contribution in [0.15, 0.2) is 57.5 Å². The third-order valence-electron chi connectivity index (χ3n) is 6.40. The number of esters is 2. The van der Waals surface area contributed by atoms with Crippen molar-refractivity contribution in [1.29, 1.82) is 0 Å². The second kappa shape index (κ2) is 13.4. The molecule has 0 amide bonds. The number of carbonyl (C=O) groups is 2. The van der Waals surface area contributed by atoms with E-state index in [-0.39, 0.29) is 24.3 Å². The first-order valence-corrected chi connectivity index (χ1v) is 14.0. The number of carbonyl (C=O) groups excluding carboxylic acids is 2. The first kappa shape index (κ1) is 30.4. The van der Waals surface area contributed by atoms with Crippen LogP contribution in [-0.4, -0.2) is 57.7 Å². The van der Waals surface area contributed by atoms with Crippen molar-refractivity contribution < 1.29 is 38.0 Å². The molecule has 0 saturated carbocycles. The topological polar surface area (TPSA) is 124 Å². The van der Waals surface area contributed by atoms with Crippen LogP contribution in [0.4, 0.5) is 0 Å². The summed E-state index contributed by atoms with van der Waals surface area (Å²) >= 11 is 1.19. The van der Waals surface area contributed by atoms with E-state index < -0.39 is 18.0 Å². The van der Waals surface area contributed by atoms with Gasteiger partial charge in [0, 0.05) is 5.56 Å². The van der Waals surface area contributed by atoms with E-state index in [4.69, 9.17) is 23.7 Å². The summed E-state index contributed by atoms with van der Waals surface area (Å²) in [5, 5.41) is 0. The van der Waals surface area contributed by atoms with Crippen LogP contribution in [0.5, 0.6) is 23.0 Å². The number of ether oxygens (including phenoxy) is 6. The molecule has 1 aromatic heterocycles. The number of hydrogen-bond acceptors (Lipinski definition) is 11. The Labute approximate surface area is 246 Å². The molecular formula is C30H32N2O9S. The van der Waals surface area contributed by atoms with Gasteiger partial charge in [-0.3, -0.25) is 9.36 Å². The van der Waals surface area contributed by atoms with Gasteiger partial charge in [0.15, 0.2) is 22.9 Å². The smallest absolute Gasteiger partial charge is 0.343 e. The quantitative estimate of drug-likeness (QED) is 0.308. The predicted molar refractivity (Wildman–Crippen MR) is 155 cm³/mol. The minimum Gasteiger partial charge on any atom is -0.497 e. The third kappa shape index (κ3) is 6.18. The number of nitrogens with zero attached hydrogens (tertiary/aromatic N) is 2. The van der Waals surface area contributed by atoms with Gasteiger partial charge < -0.3 is 28.4 Å². The number of rotatable bonds is 11. The maximum absolute atomic E-state index is 14.0. The van der Waals surface area contributed by atoms with Crippen LogP contribution in [-0.2, 0) is 19.1 Å². The molecule has 4 rings (SSSR count). The first-order chi connectivity index (χ1) is 20.3. The largest absolute Gasteiger partial charge is 0.497 e. The van der Waals surface area contributed by atoms with Crippen molar-refractivity contribution in [3.05, 3.63) is 78.5 Å². The van der Waals surface area contributed by atoms with Gasteiger partial charge in [-0.05, 0) is 62.7 Å². The van der Waals surface area contributed by atoms with Crippen molar-refractivity contribution in [3.63, 3.8) is 0 Å². The van der Waals surface area contributed by atoms with Crippen LogP contribution >= 0.6 is 11.3 Å². The lowest BCUT2D eigenvalue weighted by Crippen LogP contribution is -2.40. The number of allylic oxidation sites excluding steroid dienone is 1. The average Bonchev–Trinajstić information content (AvgIpc) is 3.29. The van der Waals surface area contributed by atoms with Crippen LogP contribution in [0.1, 0.15) is 37.9 Å². The lowest BCUT2D eigenvalue weighted by molar-refractivity contribution is -0.143. The number of hydrogen-bond donors (Lipinski definition) is 0. The van der Waals surface area contributed by atoms with Gasteiger partial charge >= 0.3 is 11.9 Å². The summed E-state index contributed by atoms with van der Waals surface area (Å²) in [7, 11) is 4.37. The standard InChI is InChI=1S/C30H32N2O9S/c1-7-39-23-14-18(9-11-22(23)41-16-25(33)38-6)27-26(29(35)40-8-2)17(3)31-30-32(27)28(34)24(42-30)15-19-13-20(36-4)10-12-21(19)37-5/h9-15,27H,7-8,16H2,1-6H3/b24-15+/t27-/m0/s1. The molecule has 1 aliphatic rings. The number of methoxy groups -OCH3 is 3. The molecule has 0 fully saturated rings. The lowest BCUT2D eigenvalue weighted by Gasteiger charge is -2.25. The van der Waals surface area contributed by atoms with E-state index >= 15 is 0 Å². The summed E-state index contributed by atoms with van der Waals surface area (Å²) in [6.45, 7) is 5.36. The summed E-state index contributed by atoms with van der Waals surface area (Å²) in [5.41, 5.74) is 1.50. The molecule has 0 unspecified atom stereocenters. The van der Waals surface area contributed by atoms with Crippen LogP contribution in [0.3, 0.4) is 0 Å². The van der Waals surface area contributed by atoms with Crippen molar-refractivity contribution >= 4 is 29.4 Å². The van der Waals surface area contributed by atoms with Crippen molar-refractivity contribution in [3.8, 4) is 23.0 Å². The van der Waals surface area contributed by atoms with E-state index in [2.05, 4.69) is 9.73 Å². The van der Waals surface area contributed by atoms with E-state index in [1.165, 1.54) is 23.0 Å². The van der Waals surface area contributed by atoms with E-state index in [0.29, 0.717) is 55.8 Å². The highest BCUT2D eigenvalue weighted by Gasteiger charge is 2.34. The molecule has 42 heavy (non-hydrogen) atoms. The van der Waals surface area contributed by atoms with E-state index in [0.717, 1.165) is 0 Å². The Balaban J connectivity index is 1.92. The van der Waals surface area contributed by atoms with Gasteiger partial charge in [-0.2, -0.15) is 0 Å². The minimum absolute atomic E-state index is 0.146. The van der Waals surface area contributed by atoms with Crippen molar-refractivity contribution in [2.75, 3.05) is 41.2 Å². The number of aromatic nitrogens is 1. The third-order valence-corrected chi connectivity index (χ3v) is 7.38. The van der Waals surface area contributed by atoms with Gasteiger partial charge in [0.05, 0.1) is 56.4 Å². The monoisotopic (exact) mass is 596 g/mol. The van der Waals surface area contributed by atoms with Crippen LogP contribution in [0.2, 0.25) is 0 Å².